The van der Waals surface area contributed by atoms with Crippen molar-refractivity contribution in [2.24, 2.45) is 0 Å². The van der Waals surface area contributed by atoms with Gasteiger partial charge in [0.05, 0.1) is 10.7 Å². The normalized spacial score (nSPS) is 13.2. The van der Waals surface area contributed by atoms with Crippen molar-refractivity contribution in [3.63, 3.8) is 0 Å². The third-order valence-electron chi connectivity index (χ3n) is 2.18. The van der Waals surface area contributed by atoms with E-state index in [2.05, 4.69) is 31.1 Å². The van der Waals surface area contributed by atoms with Gasteiger partial charge in [-0.05, 0) is 20.4 Å². The average molecular weight is 198 g/mol. The van der Waals surface area contributed by atoms with E-state index in [1.165, 1.54) is 15.6 Å². The van der Waals surface area contributed by atoms with Crippen molar-refractivity contribution in [2.75, 3.05) is 13.6 Å². The molecule has 0 saturated carbocycles. The van der Waals surface area contributed by atoms with Gasteiger partial charge in [0.15, 0.2) is 0 Å². The van der Waals surface area contributed by atoms with Gasteiger partial charge in [0.25, 0.3) is 0 Å². The van der Waals surface area contributed by atoms with E-state index < -0.39 is 0 Å². The second-order valence-electron chi connectivity index (χ2n) is 3.37. The highest BCUT2D eigenvalue weighted by molar-refractivity contribution is 7.11. The zero-order valence-corrected chi connectivity index (χ0v) is 9.66. The molecule has 0 spiro atoms. The van der Waals surface area contributed by atoms with Gasteiger partial charge >= 0.3 is 0 Å². The van der Waals surface area contributed by atoms with E-state index in [1.807, 2.05) is 18.4 Å². The van der Waals surface area contributed by atoms with Crippen LogP contribution in [0.25, 0.3) is 0 Å². The van der Waals surface area contributed by atoms with Crippen LogP contribution < -0.4 is 5.32 Å². The Balaban J connectivity index is 2.77. The van der Waals surface area contributed by atoms with E-state index in [0.717, 1.165) is 13.0 Å². The van der Waals surface area contributed by atoms with Crippen molar-refractivity contribution < 1.29 is 0 Å². The number of nitrogens with one attached hydrogen (secondary N) is 1. The summed E-state index contributed by atoms with van der Waals surface area (Å²) in [7, 11) is 1.98. The molecule has 0 fully saturated rings. The maximum absolute atomic E-state index is 4.63. The number of likely N-dealkylation sites (N-methyl/N-ethyl adjacent to an activating group) is 1. The highest BCUT2D eigenvalue weighted by Crippen LogP contribution is 2.24. The molecule has 1 unspecified atom stereocenters. The molecular weight excluding hydrogens is 180 g/mol. The molecule has 1 aromatic heterocycles. The Bertz CT molecular complexity index is 268. The lowest BCUT2D eigenvalue weighted by Gasteiger charge is -2.05. The van der Waals surface area contributed by atoms with E-state index in [0.29, 0.717) is 5.92 Å². The van der Waals surface area contributed by atoms with Crippen LogP contribution in [0.1, 0.15) is 35.3 Å². The van der Waals surface area contributed by atoms with Gasteiger partial charge < -0.3 is 5.32 Å². The van der Waals surface area contributed by atoms with Gasteiger partial charge in [-0.15, -0.1) is 11.3 Å². The molecular formula is C10H18N2S. The fourth-order valence-corrected chi connectivity index (χ4v) is 2.44. The molecule has 2 nitrogen and oxygen atoms in total. The summed E-state index contributed by atoms with van der Waals surface area (Å²) >= 11 is 1.84. The average Bonchev–Trinajstić information content (AvgIpc) is 2.47. The first-order valence-electron chi connectivity index (χ1n) is 4.79. The SMILES string of the molecule is CCc1nc(C(C)CNC)sc1C. The molecule has 0 radical (unpaired) electrons. The molecule has 0 saturated heterocycles. The summed E-state index contributed by atoms with van der Waals surface area (Å²) in [5.41, 5.74) is 1.27. The predicted molar refractivity (Wildman–Crippen MR) is 58.6 cm³/mol. The first-order valence-corrected chi connectivity index (χ1v) is 5.61. The van der Waals surface area contributed by atoms with Crippen molar-refractivity contribution in [1.29, 1.82) is 0 Å². The molecule has 0 aromatic carbocycles. The molecule has 1 heterocycles. The second-order valence-corrected chi connectivity index (χ2v) is 4.60. The first kappa shape index (κ1) is 10.7. The maximum atomic E-state index is 4.63. The summed E-state index contributed by atoms with van der Waals surface area (Å²) in [4.78, 5) is 6.00. The number of rotatable bonds is 4. The van der Waals surface area contributed by atoms with Crippen LogP contribution in [0, 0.1) is 6.92 Å². The minimum absolute atomic E-state index is 0.536. The molecule has 1 aromatic rings. The van der Waals surface area contributed by atoms with Crippen LogP contribution >= 0.6 is 11.3 Å². The van der Waals surface area contributed by atoms with E-state index in [-0.39, 0.29) is 0 Å². The molecule has 13 heavy (non-hydrogen) atoms. The Morgan fingerprint density at radius 1 is 1.54 bits per heavy atom. The van der Waals surface area contributed by atoms with Gasteiger partial charge in [-0.3, -0.25) is 0 Å². The van der Waals surface area contributed by atoms with Gasteiger partial charge in [-0.2, -0.15) is 0 Å². The Kier molecular flexibility index (Phi) is 3.88. The van der Waals surface area contributed by atoms with Crippen LogP contribution in [0.15, 0.2) is 0 Å². The molecule has 1 atom stereocenters. The number of hydrogen-bond acceptors (Lipinski definition) is 3. The summed E-state index contributed by atoms with van der Waals surface area (Å²) in [5.74, 6) is 0.536. The fourth-order valence-electron chi connectivity index (χ4n) is 1.38. The lowest BCUT2D eigenvalue weighted by Crippen LogP contribution is -2.14. The zero-order chi connectivity index (χ0) is 9.84. The smallest absolute Gasteiger partial charge is 0.0971 e. The largest absolute Gasteiger partial charge is 0.319 e. The zero-order valence-electron chi connectivity index (χ0n) is 8.85. The van der Waals surface area contributed by atoms with Gasteiger partial charge in [0, 0.05) is 17.3 Å². The fraction of sp³-hybridized carbons (Fsp3) is 0.700. The molecule has 0 aliphatic rings. The number of nitrogens with zero attached hydrogens (tertiary/aromatic N) is 1. The third-order valence-corrected chi connectivity index (χ3v) is 3.42. The second kappa shape index (κ2) is 4.72. The van der Waals surface area contributed by atoms with Crippen molar-refractivity contribution in [1.82, 2.24) is 10.3 Å². The van der Waals surface area contributed by atoms with Crippen LogP contribution in [0.5, 0.6) is 0 Å². The minimum Gasteiger partial charge on any atom is -0.319 e. The molecule has 0 aliphatic heterocycles. The highest BCUT2D eigenvalue weighted by Gasteiger charge is 2.11. The van der Waals surface area contributed by atoms with Crippen LogP contribution in [-0.2, 0) is 6.42 Å². The van der Waals surface area contributed by atoms with Gasteiger partial charge in [0.1, 0.15) is 0 Å². The lowest BCUT2D eigenvalue weighted by atomic mass is 10.2. The van der Waals surface area contributed by atoms with Gasteiger partial charge in [0.2, 0.25) is 0 Å². The molecule has 0 bridgehead atoms. The van der Waals surface area contributed by atoms with Crippen LogP contribution in [-0.4, -0.2) is 18.6 Å². The van der Waals surface area contributed by atoms with E-state index >= 15 is 0 Å². The van der Waals surface area contributed by atoms with E-state index in [9.17, 15) is 0 Å². The molecule has 1 N–H and O–H groups in total. The molecule has 74 valence electrons. The van der Waals surface area contributed by atoms with Gasteiger partial charge in [-0.1, -0.05) is 13.8 Å². The summed E-state index contributed by atoms with van der Waals surface area (Å²) in [5, 5.41) is 4.45. The third kappa shape index (κ3) is 2.51. The summed E-state index contributed by atoms with van der Waals surface area (Å²) in [6, 6.07) is 0. The summed E-state index contributed by atoms with van der Waals surface area (Å²) in [6.07, 6.45) is 1.05. The monoisotopic (exact) mass is 198 g/mol. The predicted octanol–water partition coefficient (Wildman–Crippen LogP) is 2.34. The molecule has 0 amide bonds. The summed E-state index contributed by atoms with van der Waals surface area (Å²) in [6.45, 7) is 7.55. The van der Waals surface area contributed by atoms with Gasteiger partial charge in [-0.25, -0.2) is 4.98 Å². The first-order chi connectivity index (χ1) is 6.19. The minimum atomic E-state index is 0.536. The Labute approximate surface area is 84.4 Å². The summed E-state index contributed by atoms with van der Waals surface area (Å²) < 4.78 is 0. The Morgan fingerprint density at radius 3 is 2.69 bits per heavy atom. The van der Waals surface area contributed by atoms with Crippen LogP contribution in [0.3, 0.4) is 0 Å². The number of hydrogen-bond donors (Lipinski definition) is 1. The quantitative estimate of drug-likeness (QED) is 0.803. The molecule has 3 heteroatoms. The molecule has 0 aliphatic carbocycles. The molecule has 1 rings (SSSR count). The van der Waals surface area contributed by atoms with Crippen molar-refractivity contribution in [3.05, 3.63) is 15.6 Å². The lowest BCUT2D eigenvalue weighted by molar-refractivity contribution is 0.671. The Hall–Kier alpha value is -0.410. The van der Waals surface area contributed by atoms with Crippen LogP contribution in [0.4, 0.5) is 0 Å². The maximum Gasteiger partial charge on any atom is 0.0971 e. The topological polar surface area (TPSA) is 24.9 Å². The van der Waals surface area contributed by atoms with Crippen LogP contribution in [0.2, 0.25) is 0 Å². The number of aryl methyl sites for hydroxylation is 2. The number of thiazole rings is 1. The Morgan fingerprint density at radius 2 is 2.23 bits per heavy atom. The standard InChI is InChI=1S/C10H18N2S/c1-5-9-8(3)13-10(12-9)7(2)6-11-4/h7,11H,5-6H2,1-4H3. The van der Waals surface area contributed by atoms with E-state index in [4.69, 9.17) is 0 Å². The van der Waals surface area contributed by atoms with Crippen molar-refractivity contribution >= 4 is 11.3 Å². The van der Waals surface area contributed by atoms with Crippen molar-refractivity contribution in [2.45, 2.75) is 33.1 Å². The highest BCUT2D eigenvalue weighted by atomic mass is 32.1. The number of aromatic nitrogens is 1. The van der Waals surface area contributed by atoms with Crippen molar-refractivity contribution in [3.8, 4) is 0 Å². The van der Waals surface area contributed by atoms with E-state index in [1.54, 1.807) is 0 Å².